The minimum atomic E-state index is -0.939. The second-order valence-corrected chi connectivity index (χ2v) is 2.30. The van der Waals surface area contributed by atoms with Gasteiger partial charge >= 0.3 is 11.9 Å². The van der Waals surface area contributed by atoms with Crippen LogP contribution in [-0.2, 0) is 14.3 Å². The number of amides is 1. The Hall–Kier alpha value is -1.83. The van der Waals surface area contributed by atoms with Gasteiger partial charge in [0.25, 0.3) is 0 Å². The van der Waals surface area contributed by atoms with E-state index in [4.69, 9.17) is 6.42 Å². The molecule has 0 spiro atoms. The van der Waals surface area contributed by atoms with Gasteiger partial charge in [-0.25, -0.2) is 4.79 Å². The number of terminal acetylenes is 1. The number of esters is 1. The maximum atomic E-state index is 11.1. The molecule has 0 aliphatic carbocycles. The molecule has 0 unspecified atom stereocenters. The van der Waals surface area contributed by atoms with Crippen LogP contribution in [0.25, 0.3) is 0 Å². The van der Waals surface area contributed by atoms with Gasteiger partial charge in [0.1, 0.15) is 0 Å². The lowest BCUT2D eigenvalue weighted by Gasteiger charge is -2.09. The number of aliphatic imine (C=N–C) groups is 1. The van der Waals surface area contributed by atoms with Crippen LogP contribution >= 0.6 is 0 Å². The van der Waals surface area contributed by atoms with Crippen molar-refractivity contribution in [2.24, 2.45) is 4.99 Å². The predicted octanol–water partition coefficient (Wildman–Crippen LogP) is -0.967. The van der Waals surface area contributed by atoms with E-state index in [0.717, 1.165) is 0 Å². The average molecular weight is 180 g/mol. The van der Waals surface area contributed by atoms with Crippen LogP contribution in [0.4, 0.5) is 0 Å². The lowest BCUT2D eigenvalue weighted by Crippen LogP contribution is -2.35. The number of carbonyl (C=O) groups is 2. The Kier molecular flexibility index (Phi) is 3.03. The third-order valence-corrected chi connectivity index (χ3v) is 1.41. The molecule has 0 aromatic rings. The molecule has 0 N–H and O–H groups in total. The maximum Gasteiger partial charge on any atom is 0.398 e. The Morgan fingerprint density at radius 2 is 2.46 bits per heavy atom. The molecule has 1 aliphatic heterocycles. The lowest BCUT2D eigenvalue weighted by atomic mass is 10.5. The first-order valence-corrected chi connectivity index (χ1v) is 3.67. The molecule has 0 saturated carbocycles. The van der Waals surface area contributed by atoms with Crippen LogP contribution in [0.15, 0.2) is 4.99 Å². The normalized spacial score (nSPS) is 13.9. The van der Waals surface area contributed by atoms with E-state index in [1.54, 1.807) is 0 Å². The van der Waals surface area contributed by atoms with Crippen molar-refractivity contribution in [3.8, 4) is 12.3 Å². The van der Waals surface area contributed by atoms with Crippen LogP contribution < -0.4 is 0 Å². The van der Waals surface area contributed by atoms with E-state index in [2.05, 4.69) is 15.6 Å². The molecule has 5 nitrogen and oxygen atoms in total. The van der Waals surface area contributed by atoms with Gasteiger partial charge in [0.2, 0.25) is 0 Å². The van der Waals surface area contributed by atoms with Crippen molar-refractivity contribution in [2.75, 3.05) is 19.7 Å². The highest BCUT2D eigenvalue weighted by Gasteiger charge is 2.23. The fourth-order valence-electron chi connectivity index (χ4n) is 0.820. The minimum absolute atomic E-state index is 0.185. The zero-order valence-corrected chi connectivity index (χ0v) is 6.90. The number of hydrogen-bond donors (Lipinski definition) is 0. The minimum Gasteiger partial charge on any atom is -0.445 e. The smallest absolute Gasteiger partial charge is 0.398 e. The molecule has 5 heteroatoms. The maximum absolute atomic E-state index is 11.1. The second-order valence-electron chi connectivity index (χ2n) is 2.30. The highest BCUT2D eigenvalue weighted by molar-refractivity contribution is 6.34. The summed E-state index contributed by atoms with van der Waals surface area (Å²) < 4.78 is 4.44. The third-order valence-electron chi connectivity index (χ3n) is 1.41. The summed E-state index contributed by atoms with van der Waals surface area (Å²) in [5, 5.41) is 0. The average Bonchev–Trinajstić information content (AvgIpc) is 2.65. The van der Waals surface area contributed by atoms with Gasteiger partial charge in [-0.1, -0.05) is 5.92 Å². The van der Waals surface area contributed by atoms with Crippen molar-refractivity contribution in [1.29, 1.82) is 0 Å². The first-order chi connectivity index (χ1) is 6.25. The summed E-state index contributed by atoms with van der Waals surface area (Å²) in [6, 6.07) is 0. The van der Waals surface area contributed by atoms with E-state index in [1.807, 2.05) is 0 Å². The van der Waals surface area contributed by atoms with E-state index < -0.39 is 11.9 Å². The molecule has 0 atom stereocenters. The van der Waals surface area contributed by atoms with E-state index in [9.17, 15) is 9.59 Å². The molecule has 68 valence electrons. The standard InChI is InChI=1S/C8H8N2O3/c1-2-5-13-8(12)7(11)10-4-3-9-6-10/h1,6H,3-5H2. The summed E-state index contributed by atoms with van der Waals surface area (Å²) in [5.41, 5.74) is 0. The Bertz CT molecular complexity index is 290. The van der Waals surface area contributed by atoms with Crippen LogP contribution in [0.3, 0.4) is 0 Å². The van der Waals surface area contributed by atoms with E-state index in [0.29, 0.717) is 13.1 Å². The van der Waals surface area contributed by atoms with Crippen molar-refractivity contribution in [2.45, 2.75) is 0 Å². The second kappa shape index (κ2) is 4.26. The fourth-order valence-corrected chi connectivity index (χ4v) is 0.820. The molecule has 0 saturated heterocycles. The van der Waals surface area contributed by atoms with Crippen molar-refractivity contribution in [1.82, 2.24) is 4.90 Å². The summed E-state index contributed by atoms with van der Waals surface area (Å²) in [7, 11) is 0. The molecule has 1 aliphatic rings. The summed E-state index contributed by atoms with van der Waals surface area (Å²) in [6.45, 7) is 0.758. The van der Waals surface area contributed by atoms with E-state index >= 15 is 0 Å². The van der Waals surface area contributed by atoms with Gasteiger partial charge in [-0.05, 0) is 0 Å². The van der Waals surface area contributed by atoms with Crippen molar-refractivity contribution < 1.29 is 14.3 Å². The largest absolute Gasteiger partial charge is 0.445 e. The first-order valence-electron chi connectivity index (χ1n) is 3.67. The summed E-state index contributed by atoms with van der Waals surface area (Å²) in [6.07, 6.45) is 6.17. The van der Waals surface area contributed by atoms with Gasteiger partial charge < -0.3 is 4.74 Å². The monoisotopic (exact) mass is 180 g/mol. The Morgan fingerprint density at radius 1 is 1.69 bits per heavy atom. The molecule has 0 fully saturated rings. The van der Waals surface area contributed by atoms with E-state index in [1.165, 1.54) is 11.2 Å². The van der Waals surface area contributed by atoms with Gasteiger partial charge in [0.05, 0.1) is 12.9 Å². The van der Waals surface area contributed by atoms with Crippen LogP contribution in [0.1, 0.15) is 0 Å². The molecule has 0 radical (unpaired) electrons. The number of carbonyl (C=O) groups excluding carboxylic acids is 2. The van der Waals surface area contributed by atoms with Crippen LogP contribution in [0, 0.1) is 12.3 Å². The molecular formula is C8H8N2O3. The van der Waals surface area contributed by atoms with Gasteiger partial charge in [-0.15, -0.1) is 6.42 Å². The summed E-state index contributed by atoms with van der Waals surface area (Å²) in [5.74, 6) is 0.433. The quantitative estimate of drug-likeness (QED) is 0.296. The van der Waals surface area contributed by atoms with Crippen LogP contribution in [-0.4, -0.2) is 42.8 Å². The first kappa shape index (κ1) is 9.26. The molecular weight excluding hydrogens is 172 g/mol. The Balaban J connectivity index is 2.43. The predicted molar refractivity (Wildman–Crippen MR) is 44.9 cm³/mol. The zero-order chi connectivity index (χ0) is 9.68. The van der Waals surface area contributed by atoms with Crippen molar-refractivity contribution >= 4 is 18.2 Å². The number of hydrogen-bond acceptors (Lipinski definition) is 4. The van der Waals surface area contributed by atoms with Crippen LogP contribution in [0.2, 0.25) is 0 Å². The van der Waals surface area contributed by atoms with Gasteiger partial charge in [0.15, 0.2) is 6.61 Å². The number of nitrogens with zero attached hydrogens (tertiary/aromatic N) is 2. The molecule has 1 amide bonds. The Morgan fingerprint density at radius 3 is 3.00 bits per heavy atom. The van der Waals surface area contributed by atoms with Crippen molar-refractivity contribution in [3.05, 3.63) is 0 Å². The zero-order valence-electron chi connectivity index (χ0n) is 6.90. The van der Waals surface area contributed by atoms with Crippen molar-refractivity contribution in [3.63, 3.8) is 0 Å². The van der Waals surface area contributed by atoms with E-state index in [-0.39, 0.29) is 6.61 Å². The highest BCUT2D eigenvalue weighted by Crippen LogP contribution is 1.95. The molecule has 1 rings (SSSR count). The topological polar surface area (TPSA) is 59.0 Å². The highest BCUT2D eigenvalue weighted by atomic mass is 16.5. The summed E-state index contributed by atoms with van der Waals surface area (Å²) in [4.78, 5) is 27.0. The number of ether oxygens (including phenoxy) is 1. The molecule has 1 heterocycles. The lowest BCUT2D eigenvalue weighted by molar-refractivity contribution is -0.156. The fraction of sp³-hybridized carbons (Fsp3) is 0.375. The molecule has 0 bridgehead atoms. The number of rotatable bonds is 1. The van der Waals surface area contributed by atoms with Gasteiger partial charge in [-0.2, -0.15) is 0 Å². The Labute approximate surface area is 75.4 Å². The van der Waals surface area contributed by atoms with Gasteiger partial charge in [-0.3, -0.25) is 14.7 Å². The molecule has 13 heavy (non-hydrogen) atoms. The molecule has 0 aromatic heterocycles. The summed E-state index contributed by atoms with van der Waals surface area (Å²) >= 11 is 0. The SMILES string of the molecule is C#CCOC(=O)C(=O)N1C=NCC1. The third kappa shape index (κ3) is 2.30. The molecule has 0 aromatic carbocycles. The van der Waals surface area contributed by atoms with Gasteiger partial charge in [0, 0.05) is 6.54 Å². The van der Waals surface area contributed by atoms with Crippen LogP contribution in [0.5, 0.6) is 0 Å².